The maximum atomic E-state index is 12.2. The molecule has 1 amide bonds. The molecule has 1 fully saturated rings. The van der Waals surface area contributed by atoms with Crippen LogP contribution in [0.5, 0.6) is 0 Å². The van der Waals surface area contributed by atoms with Crippen molar-refractivity contribution in [1.82, 2.24) is 9.69 Å². The summed E-state index contributed by atoms with van der Waals surface area (Å²) in [7, 11) is 1.80. The van der Waals surface area contributed by atoms with Gasteiger partial charge in [0.2, 0.25) is 0 Å². The Morgan fingerprint density at radius 3 is 2.90 bits per heavy atom. The van der Waals surface area contributed by atoms with Crippen LogP contribution in [-0.2, 0) is 4.74 Å². The number of anilines is 1. The van der Waals surface area contributed by atoms with Gasteiger partial charge in [-0.05, 0) is 37.2 Å². The standard InChI is InChI=1S/C15H25N3O2S/c1-10-6-4-5-7-12(10)20-9-8-17-14(19)13-11(2)18-21-15(13)16-3/h10,12,16H,4-9H2,1-3H3,(H,17,19)/t10-,12+/m0/s1. The number of aromatic nitrogens is 1. The average Bonchev–Trinajstić information content (AvgIpc) is 2.86. The summed E-state index contributed by atoms with van der Waals surface area (Å²) in [6.45, 7) is 5.22. The smallest absolute Gasteiger partial charge is 0.256 e. The summed E-state index contributed by atoms with van der Waals surface area (Å²) in [4.78, 5) is 12.2. The van der Waals surface area contributed by atoms with E-state index < -0.39 is 0 Å². The van der Waals surface area contributed by atoms with Crippen LogP contribution in [0, 0.1) is 12.8 Å². The minimum atomic E-state index is -0.0779. The first-order valence-corrected chi connectivity index (χ1v) is 8.44. The van der Waals surface area contributed by atoms with Crippen LogP contribution in [0.3, 0.4) is 0 Å². The van der Waals surface area contributed by atoms with Gasteiger partial charge in [0.25, 0.3) is 5.91 Å². The Hall–Kier alpha value is -1.14. The lowest BCUT2D eigenvalue weighted by molar-refractivity contribution is -0.00293. The van der Waals surface area contributed by atoms with Crippen LogP contribution in [0.25, 0.3) is 0 Å². The number of hydrogen-bond acceptors (Lipinski definition) is 5. The Labute approximate surface area is 130 Å². The van der Waals surface area contributed by atoms with Crippen LogP contribution in [0.4, 0.5) is 5.00 Å². The fourth-order valence-corrected chi connectivity index (χ4v) is 3.54. The highest BCUT2D eigenvalue weighted by molar-refractivity contribution is 7.10. The van der Waals surface area contributed by atoms with E-state index in [1.165, 1.54) is 30.8 Å². The second-order valence-electron chi connectivity index (χ2n) is 5.65. The van der Waals surface area contributed by atoms with Crippen molar-refractivity contribution in [3.63, 3.8) is 0 Å². The molecular formula is C15H25N3O2S. The molecule has 0 radical (unpaired) electrons. The number of nitrogens with zero attached hydrogens (tertiary/aromatic N) is 1. The number of nitrogens with one attached hydrogen (secondary N) is 2. The van der Waals surface area contributed by atoms with Gasteiger partial charge in [-0.3, -0.25) is 4.79 Å². The molecule has 6 heteroatoms. The second-order valence-corrected chi connectivity index (χ2v) is 6.42. The molecule has 0 spiro atoms. The summed E-state index contributed by atoms with van der Waals surface area (Å²) in [6.07, 6.45) is 5.32. The van der Waals surface area contributed by atoms with Crippen molar-refractivity contribution in [2.75, 3.05) is 25.5 Å². The van der Waals surface area contributed by atoms with Crippen molar-refractivity contribution in [1.29, 1.82) is 0 Å². The predicted octanol–water partition coefficient (Wildman–Crippen LogP) is 2.82. The molecule has 0 aromatic carbocycles. The highest BCUT2D eigenvalue weighted by atomic mass is 32.1. The van der Waals surface area contributed by atoms with Crippen molar-refractivity contribution in [3.05, 3.63) is 11.3 Å². The van der Waals surface area contributed by atoms with E-state index in [2.05, 4.69) is 21.9 Å². The highest BCUT2D eigenvalue weighted by Crippen LogP contribution is 2.26. The van der Waals surface area contributed by atoms with Crippen molar-refractivity contribution >= 4 is 22.4 Å². The van der Waals surface area contributed by atoms with Gasteiger partial charge in [-0.15, -0.1) is 0 Å². The molecule has 0 bridgehead atoms. The molecule has 2 atom stereocenters. The highest BCUT2D eigenvalue weighted by Gasteiger charge is 2.22. The van der Waals surface area contributed by atoms with E-state index in [1.807, 2.05) is 6.92 Å². The Morgan fingerprint density at radius 1 is 1.43 bits per heavy atom. The maximum absolute atomic E-state index is 12.2. The molecule has 1 saturated carbocycles. The van der Waals surface area contributed by atoms with Crippen molar-refractivity contribution < 1.29 is 9.53 Å². The third-order valence-corrected chi connectivity index (χ3v) is 5.03. The van der Waals surface area contributed by atoms with Gasteiger partial charge in [-0.2, -0.15) is 4.37 Å². The van der Waals surface area contributed by atoms with Crippen LogP contribution < -0.4 is 10.6 Å². The Balaban J connectivity index is 1.75. The molecule has 2 rings (SSSR count). The molecule has 21 heavy (non-hydrogen) atoms. The van der Waals surface area contributed by atoms with E-state index in [0.29, 0.717) is 30.7 Å². The van der Waals surface area contributed by atoms with Crippen LogP contribution in [-0.4, -0.2) is 36.6 Å². The molecule has 1 aliphatic carbocycles. The van der Waals surface area contributed by atoms with E-state index in [0.717, 1.165) is 17.1 Å². The summed E-state index contributed by atoms with van der Waals surface area (Å²) < 4.78 is 10.1. The average molecular weight is 311 g/mol. The van der Waals surface area contributed by atoms with Gasteiger partial charge in [-0.1, -0.05) is 19.8 Å². The maximum Gasteiger partial charge on any atom is 0.256 e. The lowest BCUT2D eigenvalue weighted by atomic mass is 9.88. The second kappa shape index (κ2) is 7.75. The number of aryl methyl sites for hydroxylation is 1. The van der Waals surface area contributed by atoms with Crippen LogP contribution in [0.1, 0.15) is 48.7 Å². The van der Waals surface area contributed by atoms with Crippen LogP contribution >= 0.6 is 11.5 Å². The third kappa shape index (κ3) is 4.17. The lowest BCUT2D eigenvalue weighted by Crippen LogP contribution is -2.32. The Morgan fingerprint density at radius 2 is 2.19 bits per heavy atom. The zero-order valence-electron chi connectivity index (χ0n) is 13.1. The van der Waals surface area contributed by atoms with Crippen molar-refractivity contribution in [2.24, 2.45) is 5.92 Å². The first-order chi connectivity index (χ1) is 10.1. The normalized spacial score (nSPS) is 22.0. The molecule has 0 saturated heterocycles. The minimum absolute atomic E-state index is 0.0779. The molecule has 118 valence electrons. The van der Waals surface area contributed by atoms with Crippen LogP contribution in [0.2, 0.25) is 0 Å². The number of amides is 1. The number of rotatable bonds is 6. The van der Waals surface area contributed by atoms with E-state index >= 15 is 0 Å². The lowest BCUT2D eigenvalue weighted by Gasteiger charge is -2.28. The molecule has 1 aromatic rings. The summed E-state index contributed by atoms with van der Waals surface area (Å²) >= 11 is 1.31. The number of carbonyl (C=O) groups is 1. The van der Waals surface area contributed by atoms with Crippen molar-refractivity contribution in [2.45, 2.75) is 45.6 Å². The number of carbonyl (C=O) groups excluding carboxylic acids is 1. The first-order valence-electron chi connectivity index (χ1n) is 7.67. The summed E-state index contributed by atoms with van der Waals surface area (Å²) in [5.74, 6) is 0.555. The summed E-state index contributed by atoms with van der Waals surface area (Å²) in [6, 6.07) is 0. The molecule has 1 aliphatic rings. The zero-order chi connectivity index (χ0) is 15.2. The van der Waals surface area contributed by atoms with Gasteiger partial charge in [0.15, 0.2) is 0 Å². The summed E-state index contributed by atoms with van der Waals surface area (Å²) in [5.41, 5.74) is 1.41. The van der Waals surface area contributed by atoms with Gasteiger partial charge < -0.3 is 15.4 Å². The predicted molar refractivity (Wildman–Crippen MR) is 86.1 cm³/mol. The first kappa shape index (κ1) is 16.2. The minimum Gasteiger partial charge on any atom is -0.378 e. The topological polar surface area (TPSA) is 63.2 Å². The molecule has 2 N–H and O–H groups in total. The molecule has 5 nitrogen and oxygen atoms in total. The van der Waals surface area contributed by atoms with E-state index in [4.69, 9.17) is 4.74 Å². The third-order valence-electron chi connectivity index (χ3n) is 4.07. The molecular weight excluding hydrogens is 286 g/mol. The Kier molecular flexibility index (Phi) is 5.99. The van der Waals surface area contributed by atoms with Gasteiger partial charge >= 0.3 is 0 Å². The quantitative estimate of drug-likeness (QED) is 0.793. The Bertz CT molecular complexity index is 475. The molecule has 0 aliphatic heterocycles. The molecule has 0 unspecified atom stereocenters. The van der Waals surface area contributed by atoms with E-state index in [1.54, 1.807) is 7.05 Å². The van der Waals surface area contributed by atoms with Gasteiger partial charge in [-0.25, -0.2) is 0 Å². The fraction of sp³-hybridized carbons (Fsp3) is 0.733. The van der Waals surface area contributed by atoms with Gasteiger partial charge in [0, 0.05) is 13.6 Å². The largest absolute Gasteiger partial charge is 0.378 e. The molecule has 1 aromatic heterocycles. The van der Waals surface area contributed by atoms with E-state index in [9.17, 15) is 4.79 Å². The van der Waals surface area contributed by atoms with Gasteiger partial charge in [0.1, 0.15) is 5.00 Å². The SMILES string of the molecule is CNc1snc(C)c1C(=O)NCCO[C@@H]1CCCC[C@@H]1C. The van der Waals surface area contributed by atoms with Crippen molar-refractivity contribution in [3.8, 4) is 0 Å². The number of ether oxygens (including phenoxy) is 1. The van der Waals surface area contributed by atoms with Gasteiger partial charge in [0.05, 0.1) is 24.0 Å². The zero-order valence-corrected chi connectivity index (χ0v) is 13.9. The number of hydrogen-bond donors (Lipinski definition) is 2. The van der Waals surface area contributed by atoms with Crippen LogP contribution in [0.15, 0.2) is 0 Å². The monoisotopic (exact) mass is 311 g/mol. The summed E-state index contributed by atoms with van der Waals surface area (Å²) in [5, 5.41) is 6.74. The molecule has 1 heterocycles. The fourth-order valence-electron chi connectivity index (χ4n) is 2.80. The van der Waals surface area contributed by atoms with E-state index in [-0.39, 0.29) is 5.91 Å².